The zero-order valence-electron chi connectivity index (χ0n) is 8.91. The van der Waals surface area contributed by atoms with E-state index in [-0.39, 0.29) is 17.8 Å². The Morgan fingerprint density at radius 3 is 3.07 bits per heavy atom. The first-order valence-electron chi connectivity index (χ1n) is 5.42. The minimum Gasteiger partial charge on any atom is -0.396 e. The van der Waals surface area contributed by atoms with Gasteiger partial charge in [-0.1, -0.05) is 0 Å². The first-order valence-corrected chi connectivity index (χ1v) is 7.63. The van der Waals surface area contributed by atoms with Gasteiger partial charge in [0.25, 0.3) is 0 Å². The summed E-state index contributed by atoms with van der Waals surface area (Å²) in [5, 5.41) is 11.7. The van der Waals surface area contributed by atoms with Crippen molar-refractivity contribution in [1.29, 1.82) is 0 Å². The van der Waals surface area contributed by atoms with Gasteiger partial charge in [0.2, 0.25) is 5.91 Å². The van der Waals surface area contributed by atoms with Crippen molar-refractivity contribution >= 4 is 29.4 Å². The van der Waals surface area contributed by atoms with Crippen molar-refractivity contribution in [3.8, 4) is 0 Å². The third kappa shape index (κ3) is 5.68. The predicted molar refractivity (Wildman–Crippen MR) is 67.5 cm³/mol. The smallest absolute Gasteiger partial charge is 0.233 e. The standard InChI is InChI=1S/C10H19NO2S2/c12-5-2-6-14-8-4-11-10(13)9-3-1-7-15-9/h9,12H,1-8H2,(H,11,13). The lowest BCUT2D eigenvalue weighted by molar-refractivity contribution is -0.120. The SMILES string of the molecule is O=C(NCCSCCCO)C1CCCS1. The molecule has 1 amide bonds. The van der Waals surface area contributed by atoms with E-state index in [0.717, 1.165) is 36.6 Å². The van der Waals surface area contributed by atoms with E-state index >= 15 is 0 Å². The predicted octanol–water partition coefficient (Wildman–Crippen LogP) is 1.11. The van der Waals surface area contributed by atoms with E-state index in [2.05, 4.69) is 5.32 Å². The molecule has 1 rings (SSSR count). The Labute approximate surface area is 99.8 Å². The van der Waals surface area contributed by atoms with Gasteiger partial charge in [0, 0.05) is 18.9 Å². The molecule has 1 atom stereocenters. The molecule has 0 aliphatic carbocycles. The number of aliphatic hydroxyl groups excluding tert-OH is 1. The third-order valence-corrected chi connectivity index (χ3v) is 4.66. The number of nitrogens with one attached hydrogen (secondary N) is 1. The summed E-state index contributed by atoms with van der Waals surface area (Å²) < 4.78 is 0. The molecule has 0 bridgehead atoms. The van der Waals surface area contributed by atoms with Crippen molar-refractivity contribution in [3.63, 3.8) is 0 Å². The Kier molecular flexibility index (Phi) is 7.30. The van der Waals surface area contributed by atoms with Crippen LogP contribution in [-0.4, -0.2) is 46.7 Å². The van der Waals surface area contributed by atoms with Gasteiger partial charge in [-0.25, -0.2) is 0 Å². The maximum atomic E-state index is 11.6. The molecule has 0 aromatic heterocycles. The number of carbonyl (C=O) groups excluding carboxylic acids is 1. The summed E-state index contributed by atoms with van der Waals surface area (Å²) in [6.45, 7) is 1.02. The van der Waals surface area contributed by atoms with Gasteiger partial charge >= 0.3 is 0 Å². The Hall–Kier alpha value is 0.130. The lowest BCUT2D eigenvalue weighted by Gasteiger charge is -2.09. The zero-order chi connectivity index (χ0) is 10.9. The van der Waals surface area contributed by atoms with Gasteiger partial charge in [0.15, 0.2) is 0 Å². The summed E-state index contributed by atoms with van der Waals surface area (Å²) in [7, 11) is 0. The highest BCUT2D eigenvalue weighted by atomic mass is 32.2. The van der Waals surface area contributed by atoms with E-state index < -0.39 is 0 Å². The van der Waals surface area contributed by atoms with Crippen molar-refractivity contribution in [1.82, 2.24) is 5.32 Å². The Morgan fingerprint density at radius 2 is 2.40 bits per heavy atom. The quantitative estimate of drug-likeness (QED) is 0.664. The zero-order valence-corrected chi connectivity index (χ0v) is 10.5. The molecule has 2 N–H and O–H groups in total. The van der Waals surface area contributed by atoms with E-state index in [1.54, 1.807) is 23.5 Å². The summed E-state index contributed by atoms with van der Waals surface area (Å²) in [6, 6.07) is 0. The third-order valence-electron chi connectivity index (χ3n) is 2.21. The van der Waals surface area contributed by atoms with Gasteiger partial charge < -0.3 is 10.4 Å². The summed E-state index contributed by atoms with van der Waals surface area (Å²) in [5.74, 6) is 3.26. The summed E-state index contributed by atoms with van der Waals surface area (Å²) in [5.41, 5.74) is 0. The highest BCUT2D eigenvalue weighted by Crippen LogP contribution is 2.25. The summed E-state index contributed by atoms with van der Waals surface area (Å²) in [6.07, 6.45) is 3.05. The molecule has 1 aliphatic rings. The second kappa shape index (κ2) is 8.30. The van der Waals surface area contributed by atoms with E-state index in [1.807, 2.05) is 0 Å². The molecule has 0 aromatic rings. The second-order valence-corrected chi connectivity index (χ2v) is 6.02. The molecule has 3 nitrogen and oxygen atoms in total. The monoisotopic (exact) mass is 249 g/mol. The number of rotatable bonds is 7. The highest BCUT2D eigenvalue weighted by Gasteiger charge is 2.22. The van der Waals surface area contributed by atoms with Crippen molar-refractivity contribution in [2.24, 2.45) is 0 Å². The molecule has 1 fully saturated rings. The molecule has 0 spiro atoms. The van der Waals surface area contributed by atoms with Crippen LogP contribution in [0.4, 0.5) is 0 Å². The van der Waals surface area contributed by atoms with Crippen molar-refractivity contribution in [2.75, 3.05) is 30.4 Å². The van der Waals surface area contributed by atoms with Crippen LogP contribution in [0, 0.1) is 0 Å². The van der Waals surface area contributed by atoms with Crippen LogP contribution in [0.5, 0.6) is 0 Å². The van der Waals surface area contributed by atoms with Crippen molar-refractivity contribution < 1.29 is 9.90 Å². The molecule has 0 aromatic carbocycles. The van der Waals surface area contributed by atoms with Crippen LogP contribution in [0.25, 0.3) is 0 Å². The molecule has 15 heavy (non-hydrogen) atoms. The average molecular weight is 249 g/mol. The van der Waals surface area contributed by atoms with Crippen LogP contribution < -0.4 is 5.32 Å². The van der Waals surface area contributed by atoms with Crippen LogP contribution in [-0.2, 0) is 4.79 Å². The average Bonchev–Trinajstić information content (AvgIpc) is 2.76. The summed E-state index contributed by atoms with van der Waals surface area (Å²) >= 11 is 3.55. The number of amides is 1. The number of thioether (sulfide) groups is 2. The maximum Gasteiger partial charge on any atom is 0.233 e. The molecule has 1 heterocycles. The molecule has 1 aliphatic heterocycles. The van der Waals surface area contributed by atoms with Gasteiger partial charge in [-0.3, -0.25) is 4.79 Å². The van der Waals surface area contributed by atoms with Crippen molar-refractivity contribution in [2.45, 2.75) is 24.5 Å². The molecule has 88 valence electrons. The topological polar surface area (TPSA) is 49.3 Å². The van der Waals surface area contributed by atoms with Gasteiger partial charge in [-0.2, -0.15) is 11.8 Å². The van der Waals surface area contributed by atoms with Crippen molar-refractivity contribution in [3.05, 3.63) is 0 Å². The van der Waals surface area contributed by atoms with Crippen LogP contribution in [0.1, 0.15) is 19.3 Å². The van der Waals surface area contributed by atoms with Gasteiger partial charge in [-0.05, 0) is 30.8 Å². The van der Waals surface area contributed by atoms with Crippen LogP contribution >= 0.6 is 23.5 Å². The van der Waals surface area contributed by atoms with Crippen LogP contribution in [0.15, 0.2) is 0 Å². The Balaban J connectivity index is 1.92. The second-order valence-electron chi connectivity index (χ2n) is 3.48. The van der Waals surface area contributed by atoms with E-state index in [0.29, 0.717) is 0 Å². The molecule has 0 radical (unpaired) electrons. The highest BCUT2D eigenvalue weighted by molar-refractivity contribution is 8.00. The number of hydrogen-bond donors (Lipinski definition) is 2. The lowest BCUT2D eigenvalue weighted by Crippen LogP contribution is -2.32. The van der Waals surface area contributed by atoms with E-state index in [4.69, 9.17) is 5.11 Å². The summed E-state index contributed by atoms with van der Waals surface area (Å²) in [4.78, 5) is 11.6. The number of carbonyl (C=O) groups is 1. The molecule has 5 heteroatoms. The normalized spacial score (nSPS) is 20.5. The van der Waals surface area contributed by atoms with Gasteiger partial charge in [0.1, 0.15) is 0 Å². The van der Waals surface area contributed by atoms with Crippen LogP contribution in [0.3, 0.4) is 0 Å². The maximum absolute atomic E-state index is 11.6. The first-order chi connectivity index (χ1) is 7.34. The molecule has 1 unspecified atom stereocenters. The van der Waals surface area contributed by atoms with E-state index in [9.17, 15) is 4.79 Å². The fraction of sp³-hybridized carbons (Fsp3) is 0.900. The van der Waals surface area contributed by atoms with E-state index in [1.165, 1.54) is 6.42 Å². The molecular formula is C10H19NO2S2. The first kappa shape index (κ1) is 13.2. The van der Waals surface area contributed by atoms with Gasteiger partial charge in [-0.15, -0.1) is 11.8 Å². The lowest BCUT2D eigenvalue weighted by atomic mass is 10.2. The minimum absolute atomic E-state index is 0.201. The largest absolute Gasteiger partial charge is 0.396 e. The number of hydrogen-bond acceptors (Lipinski definition) is 4. The van der Waals surface area contributed by atoms with Gasteiger partial charge in [0.05, 0.1) is 5.25 Å². The molecule has 1 saturated heterocycles. The number of aliphatic hydroxyl groups is 1. The minimum atomic E-state index is 0.201. The van der Waals surface area contributed by atoms with Crippen LogP contribution in [0.2, 0.25) is 0 Å². The fourth-order valence-corrected chi connectivity index (χ4v) is 3.38. The Morgan fingerprint density at radius 1 is 1.53 bits per heavy atom. The fourth-order valence-electron chi connectivity index (χ4n) is 1.41. The Bertz CT molecular complexity index is 184. The molecule has 0 saturated carbocycles. The molecular weight excluding hydrogens is 230 g/mol.